The Hall–Kier alpha value is -4.06. The van der Waals surface area contributed by atoms with Crippen LogP contribution in [-0.4, -0.2) is 30.5 Å². The zero-order valence-electron chi connectivity index (χ0n) is 21.2. The van der Waals surface area contributed by atoms with Crippen molar-refractivity contribution in [3.63, 3.8) is 0 Å². The van der Waals surface area contributed by atoms with E-state index in [1.165, 1.54) is 4.90 Å². The second-order valence-electron chi connectivity index (χ2n) is 9.12. The van der Waals surface area contributed by atoms with Crippen molar-refractivity contribution in [2.75, 3.05) is 18.6 Å². The zero-order chi connectivity index (χ0) is 26.0. The first-order valence-electron chi connectivity index (χ1n) is 12.1. The van der Waals surface area contributed by atoms with Crippen LogP contribution in [0.2, 0.25) is 0 Å². The number of hydrogen-bond acceptors (Lipinski definition) is 5. The summed E-state index contributed by atoms with van der Waals surface area (Å²) in [6.07, 6.45) is 0. The van der Waals surface area contributed by atoms with Gasteiger partial charge in [0, 0.05) is 11.3 Å². The lowest BCUT2D eigenvalue weighted by atomic mass is 9.92. The third-order valence-electron chi connectivity index (χ3n) is 6.35. The third kappa shape index (κ3) is 4.59. The Kier molecular flexibility index (Phi) is 7.15. The minimum Gasteiger partial charge on any atom is -0.507 e. The number of methoxy groups -OCH3 is 1. The van der Waals surface area contributed by atoms with Gasteiger partial charge in [-0.15, -0.1) is 0 Å². The van der Waals surface area contributed by atoms with Crippen molar-refractivity contribution >= 4 is 23.1 Å². The van der Waals surface area contributed by atoms with Gasteiger partial charge in [0.25, 0.3) is 11.7 Å². The normalized spacial score (nSPS) is 17.1. The highest BCUT2D eigenvalue weighted by molar-refractivity contribution is 6.51. The summed E-state index contributed by atoms with van der Waals surface area (Å²) in [5.74, 6) is -0.125. The Balaban J connectivity index is 1.91. The number of ether oxygens (including phenoxy) is 2. The molecule has 0 spiro atoms. The van der Waals surface area contributed by atoms with E-state index in [9.17, 15) is 14.7 Å². The van der Waals surface area contributed by atoms with E-state index < -0.39 is 17.7 Å². The Morgan fingerprint density at radius 2 is 1.75 bits per heavy atom. The molecular weight excluding hydrogens is 454 g/mol. The number of nitrogens with zero attached hydrogens (tertiary/aromatic N) is 1. The summed E-state index contributed by atoms with van der Waals surface area (Å²) in [6, 6.07) is 19.2. The average Bonchev–Trinajstić information content (AvgIpc) is 3.14. The summed E-state index contributed by atoms with van der Waals surface area (Å²) in [6.45, 7) is 8.42. The maximum Gasteiger partial charge on any atom is 0.300 e. The van der Waals surface area contributed by atoms with Crippen LogP contribution in [0, 0.1) is 6.92 Å². The van der Waals surface area contributed by atoms with Crippen LogP contribution in [-0.2, 0) is 9.59 Å². The summed E-state index contributed by atoms with van der Waals surface area (Å²) < 4.78 is 11.0. The number of amides is 1. The fourth-order valence-electron chi connectivity index (χ4n) is 4.61. The van der Waals surface area contributed by atoms with Gasteiger partial charge in [0.05, 0.1) is 25.3 Å². The number of carbonyl (C=O) groups is 2. The van der Waals surface area contributed by atoms with E-state index in [2.05, 4.69) is 0 Å². The van der Waals surface area contributed by atoms with Gasteiger partial charge in [0.2, 0.25) is 0 Å². The number of hydrogen-bond donors (Lipinski definition) is 1. The van der Waals surface area contributed by atoms with Gasteiger partial charge >= 0.3 is 0 Å². The highest BCUT2D eigenvalue weighted by atomic mass is 16.5. The second kappa shape index (κ2) is 10.3. The standard InChI is InChI=1S/C30H31NO5/c1-6-36-23-13-11-22(12-14-23)31-27(20-9-7-8-19(4)16-20)26(29(33)30(31)34)28(32)21-10-15-25(35-5)24(17-21)18(2)3/h7-18,27,32H,6H2,1-5H3/b28-26-. The topological polar surface area (TPSA) is 76.1 Å². The molecule has 1 N–H and O–H groups in total. The van der Waals surface area contributed by atoms with Crippen molar-refractivity contribution in [2.24, 2.45) is 0 Å². The highest BCUT2D eigenvalue weighted by Crippen LogP contribution is 2.43. The molecule has 0 bridgehead atoms. The number of anilines is 1. The van der Waals surface area contributed by atoms with Crippen molar-refractivity contribution in [1.29, 1.82) is 0 Å². The van der Waals surface area contributed by atoms with Crippen LogP contribution in [0.4, 0.5) is 5.69 Å². The molecule has 6 nitrogen and oxygen atoms in total. The quantitative estimate of drug-likeness (QED) is 0.247. The number of aryl methyl sites for hydroxylation is 1. The lowest BCUT2D eigenvalue weighted by molar-refractivity contribution is -0.132. The SMILES string of the molecule is CCOc1ccc(N2C(=O)C(=O)/C(=C(\O)c3ccc(OC)c(C(C)C)c3)C2c2cccc(C)c2)cc1. The van der Waals surface area contributed by atoms with Gasteiger partial charge in [0.15, 0.2) is 0 Å². The molecule has 6 heteroatoms. The van der Waals surface area contributed by atoms with Crippen LogP contribution >= 0.6 is 0 Å². The molecule has 1 atom stereocenters. The number of rotatable bonds is 7. The van der Waals surface area contributed by atoms with E-state index in [1.54, 1.807) is 43.5 Å². The molecule has 1 heterocycles. The largest absolute Gasteiger partial charge is 0.507 e. The minimum atomic E-state index is -0.785. The summed E-state index contributed by atoms with van der Waals surface area (Å²) in [4.78, 5) is 28.3. The molecule has 0 radical (unpaired) electrons. The molecule has 1 unspecified atom stereocenters. The van der Waals surface area contributed by atoms with Gasteiger partial charge in [-0.1, -0.05) is 43.7 Å². The van der Waals surface area contributed by atoms with Gasteiger partial charge in [-0.05, 0) is 73.4 Å². The number of ketones is 1. The van der Waals surface area contributed by atoms with Crippen molar-refractivity contribution in [2.45, 2.75) is 39.7 Å². The van der Waals surface area contributed by atoms with Crippen LogP contribution in [0.3, 0.4) is 0 Å². The van der Waals surface area contributed by atoms with Gasteiger partial charge in [-0.25, -0.2) is 0 Å². The molecule has 1 amide bonds. The predicted octanol–water partition coefficient (Wildman–Crippen LogP) is 6.15. The number of aliphatic hydroxyl groups excluding tert-OH is 1. The first-order chi connectivity index (χ1) is 17.3. The maximum absolute atomic E-state index is 13.4. The minimum absolute atomic E-state index is 0.0550. The van der Waals surface area contributed by atoms with Gasteiger partial charge < -0.3 is 14.6 Å². The highest BCUT2D eigenvalue weighted by Gasteiger charge is 2.47. The van der Waals surface area contributed by atoms with Crippen molar-refractivity contribution < 1.29 is 24.2 Å². The molecule has 1 aliphatic rings. The zero-order valence-corrected chi connectivity index (χ0v) is 21.2. The van der Waals surface area contributed by atoms with Crippen molar-refractivity contribution in [3.8, 4) is 11.5 Å². The molecule has 4 rings (SSSR count). The molecule has 1 saturated heterocycles. The van der Waals surface area contributed by atoms with E-state index in [-0.39, 0.29) is 17.3 Å². The molecule has 186 valence electrons. The lowest BCUT2D eigenvalue weighted by Crippen LogP contribution is -2.29. The maximum atomic E-state index is 13.4. The molecule has 3 aromatic carbocycles. The van der Waals surface area contributed by atoms with Gasteiger partial charge in [-0.3, -0.25) is 14.5 Å². The second-order valence-corrected chi connectivity index (χ2v) is 9.12. The van der Waals surface area contributed by atoms with Crippen LogP contribution in [0.5, 0.6) is 11.5 Å². The molecule has 0 aromatic heterocycles. The van der Waals surface area contributed by atoms with E-state index >= 15 is 0 Å². The Morgan fingerprint density at radius 1 is 1.03 bits per heavy atom. The fourth-order valence-corrected chi connectivity index (χ4v) is 4.61. The molecule has 1 aliphatic heterocycles. The summed E-state index contributed by atoms with van der Waals surface area (Å²) >= 11 is 0. The number of carbonyl (C=O) groups excluding carboxylic acids is 2. The summed E-state index contributed by atoms with van der Waals surface area (Å²) in [7, 11) is 1.60. The van der Waals surface area contributed by atoms with E-state index in [1.807, 2.05) is 58.0 Å². The van der Waals surface area contributed by atoms with E-state index in [0.717, 1.165) is 16.7 Å². The van der Waals surface area contributed by atoms with Crippen molar-refractivity contribution in [3.05, 3.63) is 94.6 Å². The predicted molar refractivity (Wildman–Crippen MR) is 141 cm³/mol. The van der Waals surface area contributed by atoms with Crippen LogP contribution in [0.1, 0.15) is 55.0 Å². The average molecular weight is 486 g/mol. The number of benzene rings is 3. The Morgan fingerprint density at radius 3 is 2.36 bits per heavy atom. The Bertz CT molecular complexity index is 1320. The van der Waals surface area contributed by atoms with Gasteiger partial charge in [-0.2, -0.15) is 0 Å². The van der Waals surface area contributed by atoms with Crippen LogP contribution < -0.4 is 14.4 Å². The Labute approximate surface area is 211 Å². The summed E-state index contributed by atoms with van der Waals surface area (Å²) in [5, 5.41) is 11.5. The number of Topliss-reactive ketones (excluding diaryl/α,β-unsaturated/α-hetero) is 1. The first-order valence-corrected chi connectivity index (χ1v) is 12.1. The monoisotopic (exact) mass is 485 g/mol. The van der Waals surface area contributed by atoms with Crippen molar-refractivity contribution in [1.82, 2.24) is 0 Å². The smallest absolute Gasteiger partial charge is 0.300 e. The third-order valence-corrected chi connectivity index (χ3v) is 6.35. The summed E-state index contributed by atoms with van der Waals surface area (Å²) in [5.41, 5.74) is 3.68. The van der Waals surface area contributed by atoms with Crippen LogP contribution in [0.15, 0.2) is 72.3 Å². The van der Waals surface area contributed by atoms with E-state index in [4.69, 9.17) is 9.47 Å². The molecule has 36 heavy (non-hydrogen) atoms. The van der Waals surface area contributed by atoms with E-state index in [0.29, 0.717) is 29.4 Å². The molecular formula is C30H31NO5. The number of aliphatic hydroxyl groups is 1. The molecule has 3 aromatic rings. The van der Waals surface area contributed by atoms with Crippen LogP contribution in [0.25, 0.3) is 5.76 Å². The molecule has 0 aliphatic carbocycles. The molecule has 1 fully saturated rings. The first kappa shape index (κ1) is 25.0. The fraction of sp³-hybridized carbons (Fsp3) is 0.267. The van der Waals surface area contributed by atoms with Gasteiger partial charge in [0.1, 0.15) is 17.3 Å². The molecule has 0 saturated carbocycles. The lowest BCUT2D eigenvalue weighted by Gasteiger charge is -2.26.